The van der Waals surface area contributed by atoms with Crippen molar-refractivity contribution in [1.29, 1.82) is 0 Å². The number of carbonyl (C=O) groups is 1. The van der Waals surface area contributed by atoms with Crippen LogP contribution in [0.1, 0.15) is 5.56 Å². The number of amides is 1. The van der Waals surface area contributed by atoms with Gasteiger partial charge in [-0.2, -0.15) is 0 Å². The Hall–Kier alpha value is -1.85. The topological polar surface area (TPSA) is 29.5 Å². The molecule has 120 valence electrons. The maximum Gasteiger partial charge on any atom is 0.233 e. The van der Waals surface area contributed by atoms with Crippen molar-refractivity contribution in [1.82, 2.24) is 4.90 Å². The lowest BCUT2D eigenvalue weighted by Gasteiger charge is -2.38. The van der Waals surface area contributed by atoms with Crippen molar-refractivity contribution in [3.8, 4) is 0 Å². The van der Waals surface area contributed by atoms with E-state index in [1.165, 1.54) is 12.1 Å². The van der Waals surface area contributed by atoms with E-state index in [2.05, 4.69) is 0 Å². The van der Waals surface area contributed by atoms with Gasteiger partial charge >= 0.3 is 0 Å². The molecule has 1 amide bonds. The Bertz CT molecular complexity index is 659. The van der Waals surface area contributed by atoms with Gasteiger partial charge in [0.1, 0.15) is 5.82 Å². The number of likely N-dealkylation sites (tertiary alicyclic amines) is 1. The quantitative estimate of drug-likeness (QED) is 0.760. The van der Waals surface area contributed by atoms with Crippen molar-refractivity contribution in [2.75, 3.05) is 18.8 Å². The zero-order valence-corrected chi connectivity index (χ0v) is 13.5. The second-order valence-electron chi connectivity index (χ2n) is 5.46. The van der Waals surface area contributed by atoms with Gasteiger partial charge in [0.15, 0.2) is 0 Å². The first-order chi connectivity index (χ1) is 11.2. The highest BCUT2D eigenvalue weighted by atomic mass is 32.2. The predicted molar refractivity (Wildman–Crippen MR) is 88.7 cm³/mol. The molecule has 0 atom stereocenters. The van der Waals surface area contributed by atoms with Crippen LogP contribution >= 0.6 is 11.8 Å². The molecule has 23 heavy (non-hydrogen) atoms. The van der Waals surface area contributed by atoms with Crippen LogP contribution in [0.4, 0.5) is 4.39 Å². The molecule has 0 spiro atoms. The van der Waals surface area contributed by atoms with Crippen LogP contribution in [0.25, 0.3) is 0 Å². The number of rotatable bonds is 6. The Morgan fingerprint density at radius 1 is 1.17 bits per heavy atom. The van der Waals surface area contributed by atoms with Gasteiger partial charge in [-0.1, -0.05) is 30.3 Å². The second-order valence-corrected chi connectivity index (χ2v) is 6.51. The van der Waals surface area contributed by atoms with Crippen LogP contribution in [0.5, 0.6) is 0 Å². The molecule has 0 saturated carbocycles. The zero-order chi connectivity index (χ0) is 16.1. The number of hydrogen-bond donors (Lipinski definition) is 0. The van der Waals surface area contributed by atoms with Gasteiger partial charge in [-0.05, 0) is 29.8 Å². The van der Waals surface area contributed by atoms with E-state index in [-0.39, 0.29) is 17.8 Å². The van der Waals surface area contributed by atoms with Crippen LogP contribution < -0.4 is 0 Å². The first kappa shape index (κ1) is 16.0. The third kappa shape index (κ3) is 4.56. The standard InChI is InChI=1S/C18H18FNO2S/c19-15-6-4-5-14(9-15)12-22-16-10-20(11-16)18(21)13-23-17-7-2-1-3-8-17/h1-9,16H,10-13H2. The lowest BCUT2D eigenvalue weighted by atomic mass is 10.1. The number of ether oxygens (including phenoxy) is 1. The molecule has 1 aliphatic rings. The molecule has 0 unspecified atom stereocenters. The lowest BCUT2D eigenvalue weighted by Crippen LogP contribution is -2.55. The average Bonchev–Trinajstić information content (AvgIpc) is 2.52. The van der Waals surface area contributed by atoms with E-state index >= 15 is 0 Å². The van der Waals surface area contributed by atoms with Crippen molar-refractivity contribution in [2.24, 2.45) is 0 Å². The SMILES string of the molecule is O=C(CSc1ccccc1)N1CC(OCc2cccc(F)c2)C1. The number of thioether (sulfide) groups is 1. The first-order valence-electron chi connectivity index (χ1n) is 7.52. The Balaban J connectivity index is 1.36. The summed E-state index contributed by atoms with van der Waals surface area (Å²) < 4.78 is 18.8. The predicted octanol–water partition coefficient (Wildman–Crippen LogP) is 3.35. The smallest absolute Gasteiger partial charge is 0.233 e. The number of halogens is 1. The van der Waals surface area contributed by atoms with Gasteiger partial charge in [-0.25, -0.2) is 4.39 Å². The third-order valence-corrected chi connectivity index (χ3v) is 4.68. The molecule has 1 saturated heterocycles. The third-order valence-electron chi connectivity index (χ3n) is 3.68. The summed E-state index contributed by atoms with van der Waals surface area (Å²) in [7, 11) is 0. The molecule has 0 radical (unpaired) electrons. The van der Waals surface area contributed by atoms with Crippen molar-refractivity contribution >= 4 is 17.7 Å². The van der Waals surface area contributed by atoms with Crippen molar-refractivity contribution in [3.05, 3.63) is 66.0 Å². The summed E-state index contributed by atoms with van der Waals surface area (Å²) in [6.45, 7) is 1.61. The highest BCUT2D eigenvalue weighted by molar-refractivity contribution is 8.00. The van der Waals surface area contributed by atoms with Gasteiger partial charge in [0.05, 0.1) is 18.5 Å². The molecule has 0 bridgehead atoms. The molecular weight excluding hydrogens is 313 g/mol. The van der Waals surface area contributed by atoms with E-state index in [4.69, 9.17) is 4.74 Å². The van der Waals surface area contributed by atoms with Crippen molar-refractivity contribution in [3.63, 3.8) is 0 Å². The van der Waals surface area contributed by atoms with Crippen LogP contribution in [-0.2, 0) is 16.1 Å². The number of nitrogens with zero attached hydrogens (tertiary/aromatic N) is 1. The van der Waals surface area contributed by atoms with Gasteiger partial charge in [0, 0.05) is 18.0 Å². The minimum atomic E-state index is -0.255. The highest BCUT2D eigenvalue weighted by Gasteiger charge is 2.31. The molecule has 1 heterocycles. The molecule has 1 aliphatic heterocycles. The summed E-state index contributed by atoms with van der Waals surface area (Å²) in [4.78, 5) is 15.0. The lowest BCUT2D eigenvalue weighted by molar-refractivity contribution is -0.142. The summed E-state index contributed by atoms with van der Waals surface area (Å²) in [5.74, 6) is 0.319. The molecule has 3 nitrogen and oxygen atoms in total. The fourth-order valence-electron chi connectivity index (χ4n) is 2.34. The summed E-state index contributed by atoms with van der Waals surface area (Å²) in [5.41, 5.74) is 0.814. The Morgan fingerprint density at radius 3 is 2.70 bits per heavy atom. The molecule has 0 aromatic heterocycles. The van der Waals surface area contributed by atoms with Crippen LogP contribution in [-0.4, -0.2) is 35.8 Å². The molecule has 2 aromatic carbocycles. The molecular formula is C18H18FNO2S. The Morgan fingerprint density at radius 2 is 1.96 bits per heavy atom. The second kappa shape index (κ2) is 7.62. The summed E-state index contributed by atoms with van der Waals surface area (Å²) in [6.07, 6.45) is 0.0453. The van der Waals surface area contributed by atoms with Gasteiger partial charge in [0.2, 0.25) is 5.91 Å². The zero-order valence-electron chi connectivity index (χ0n) is 12.7. The van der Waals surface area contributed by atoms with Crippen LogP contribution in [0.2, 0.25) is 0 Å². The number of hydrogen-bond acceptors (Lipinski definition) is 3. The van der Waals surface area contributed by atoms with Crippen LogP contribution in [0.3, 0.4) is 0 Å². The maximum absolute atomic E-state index is 13.1. The number of benzene rings is 2. The average molecular weight is 331 g/mol. The van der Waals surface area contributed by atoms with Crippen LogP contribution in [0.15, 0.2) is 59.5 Å². The fourth-order valence-corrected chi connectivity index (χ4v) is 3.16. The summed E-state index contributed by atoms with van der Waals surface area (Å²) >= 11 is 1.55. The van der Waals surface area contributed by atoms with E-state index in [0.29, 0.717) is 25.4 Å². The monoisotopic (exact) mass is 331 g/mol. The number of carbonyl (C=O) groups excluding carboxylic acids is 1. The van der Waals surface area contributed by atoms with Crippen LogP contribution in [0, 0.1) is 5.82 Å². The summed E-state index contributed by atoms with van der Waals surface area (Å²) in [6, 6.07) is 16.3. The molecule has 5 heteroatoms. The largest absolute Gasteiger partial charge is 0.370 e. The maximum atomic E-state index is 13.1. The molecule has 0 N–H and O–H groups in total. The molecule has 0 aliphatic carbocycles. The molecule has 1 fully saturated rings. The van der Waals surface area contributed by atoms with E-state index in [9.17, 15) is 9.18 Å². The fraction of sp³-hybridized carbons (Fsp3) is 0.278. The van der Waals surface area contributed by atoms with Gasteiger partial charge in [-0.15, -0.1) is 11.8 Å². The molecule has 2 aromatic rings. The van der Waals surface area contributed by atoms with E-state index in [0.717, 1.165) is 10.5 Å². The van der Waals surface area contributed by atoms with Crippen molar-refractivity contribution in [2.45, 2.75) is 17.6 Å². The van der Waals surface area contributed by atoms with E-state index in [1.54, 1.807) is 22.7 Å². The minimum absolute atomic E-state index is 0.0453. The van der Waals surface area contributed by atoms with E-state index in [1.807, 2.05) is 36.4 Å². The van der Waals surface area contributed by atoms with Gasteiger partial charge in [-0.3, -0.25) is 4.79 Å². The van der Waals surface area contributed by atoms with Crippen molar-refractivity contribution < 1.29 is 13.9 Å². The Kier molecular flexibility index (Phi) is 5.31. The minimum Gasteiger partial charge on any atom is -0.370 e. The molecule has 3 rings (SSSR count). The van der Waals surface area contributed by atoms with E-state index < -0.39 is 0 Å². The van der Waals surface area contributed by atoms with Gasteiger partial charge in [0.25, 0.3) is 0 Å². The Labute approximate surface area is 139 Å². The van der Waals surface area contributed by atoms with Gasteiger partial charge < -0.3 is 9.64 Å². The summed E-state index contributed by atoms with van der Waals surface area (Å²) in [5, 5.41) is 0. The first-order valence-corrected chi connectivity index (χ1v) is 8.51. The highest BCUT2D eigenvalue weighted by Crippen LogP contribution is 2.20. The normalized spacial score (nSPS) is 14.6.